The molecule has 2 aromatic heterocycles. The van der Waals surface area contributed by atoms with E-state index in [0.717, 1.165) is 28.2 Å². The van der Waals surface area contributed by atoms with Crippen molar-refractivity contribution in [3.63, 3.8) is 0 Å². The van der Waals surface area contributed by atoms with Crippen molar-refractivity contribution in [1.82, 2.24) is 9.13 Å². The van der Waals surface area contributed by atoms with E-state index in [9.17, 15) is 0 Å². The fraction of sp³-hybridized carbons (Fsp3) is 0. The van der Waals surface area contributed by atoms with Crippen LogP contribution in [-0.4, -0.2) is 9.13 Å². The molecule has 0 aliphatic heterocycles. The van der Waals surface area contributed by atoms with Gasteiger partial charge in [-0.15, -0.1) is 0 Å². The number of anilines is 1. The molecule has 0 bridgehead atoms. The maximum atomic E-state index is 6.45. The van der Waals surface area contributed by atoms with E-state index < -0.39 is 0 Å². The molecule has 8 aromatic rings. The molecule has 0 fully saturated rings. The topological polar surface area (TPSA) is 35.9 Å². The van der Waals surface area contributed by atoms with E-state index in [1.807, 2.05) is 18.2 Å². The second kappa shape index (κ2) is 8.37. The first-order chi connectivity index (χ1) is 19.3. The summed E-state index contributed by atoms with van der Waals surface area (Å²) in [5.74, 6) is 0. The molecule has 0 unspecified atom stereocenters. The van der Waals surface area contributed by atoms with Gasteiger partial charge < -0.3 is 14.9 Å². The van der Waals surface area contributed by atoms with Gasteiger partial charge in [0.25, 0.3) is 0 Å². The van der Waals surface area contributed by atoms with Crippen LogP contribution < -0.4 is 5.73 Å². The van der Waals surface area contributed by atoms with Gasteiger partial charge in [0, 0.05) is 44.0 Å². The van der Waals surface area contributed by atoms with Gasteiger partial charge in [0.15, 0.2) is 0 Å². The SMILES string of the molecule is Nc1ccccc1-c1ccccc1-n1c2ccccc2c2cc(-n3c4ccccc4c4ccccc43)ccc21. The summed E-state index contributed by atoms with van der Waals surface area (Å²) >= 11 is 0. The molecule has 8 rings (SSSR count). The number of hydrogen-bond donors (Lipinski definition) is 1. The third-order valence-electron chi connectivity index (χ3n) is 7.89. The Morgan fingerprint density at radius 2 is 0.872 bits per heavy atom. The zero-order chi connectivity index (χ0) is 25.9. The first-order valence-electron chi connectivity index (χ1n) is 13.3. The zero-order valence-electron chi connectivity index (χ0n) is 21.3. The minimum Gasteiger partial charge on any atom is -0.398 e. The Bertz CT molecular complexity index is 2140. The normalized spacial score (nSPS) is 11.7. The molecule has 39 heavy (non-hydrogen) atoms. The van der Waals surface area contributed by atoms with E-state index in [2.05, 4.69) is 130 Å². The van der Waals surface area contributed by atoms with Gasteiger partial charge in [-0.05, 0) is 48.5 Å². The number of rotatable bonds is 3. The first-order valence-corrected chi connectivity index (χ1v) is 13.3. The van der Waals surface area contributed by atoms with Gasteiger partial charge in [-0.25, -0.2) is 0 Å². The van der Waals surface area contributed by atoms with Gasteiger partial charge in [0.2, 0.25) is 0 Å². The number of fused-ring (bicyclic) bond motifs is 6. The summed E-state index contributed by atoms with van der Waals surface area (Å²) in [5, 5.41) is 4.99. The predicted molar refractivity (Wildman–Crippen MR) is 165 cm³/mol. The molecule has 6 aromatic carbocycles. The molecule has 0 aliphatic rings. The zero-order valence-corrected chi connectivity index (χ0v) is 21.3. The molecule has 3 nitrogen and oxygen atoms in total. The van der Waals surface area contributed by atoms with Crippen molar-refractivity contribution in [2.45, 2.75) is 0 Å². The standard InChI is InChI=1S/C36H25N3/c37-31-16-6-1-11-25(31)26-12-2-9-19-34(26)39-35-20-10-5-15-29(35)30-23-24(21-22-36(30)39)38-32-17-7-3-13-27(32)28-14-4-8-18-33(28)38/h1-23H,37H2. The molecule has 0 spiro atoms. The number of aromatic nitrogens is 2. The van der Waals surface area contributed by atoms with Crippen LogP contribution in [0.3, 0.4) is 0 Å². The van der Waals surface area contributed by atoms with E-state index in [1.165, 1.54) is 43.6 Å². The second-order valence-electron chi connectivity index (χ2n) is 10.0. The molecule has 0 saturated heterocycles. The number of benzene rings is 6. The second-order valence-corrected chi connectivity index (χ2v) is 10.0. The highest BCUT2D eigenvalue weighted by molar-refractivity contribution is 6.12. The van der Waals surface area contributed by atoms with E-state index in [4.69, 9.17) is 5.73 Å². The van der Waals surface area contributed by atoms with E-state index in [-0.39, 0.29) is 0 Å². The van der Waals surface area contributed by atoms with Crippen molar-refractivity contribution >= 4 is 49.3 Å². The Kier molecular flexibility index (Phi) is 4.67. The van der Waals surface area contributed by atoms with Crippen molar-refractivity contribution in [1.29, 1.82) is 0 Å². The van der Waals surface area contributed by atoms with Crippen LogP contribution in [0.15, 0.2) is 140 Å². The highest BCUT2D eigenvalue weighted by atomic mass is 15.0. The van der Waals surface area contributed by atoms with E-state index in [1.54, 1.807) is 0 Å². The lowest BCUT2D eigenvalue weighted by molar-refractivity contribution is 1.17. The van der Waals surface area contributed by atoms with Crippen LogP contribution in [0, 0.1) is 0 Å². The smallest absolute Gasteiger partial charge is 0.0542 e. The molecule has 2 heterocycles. The summed E-state index contributed by atoms with van der Waals surface area (Å²) in [6.07, 6.45) is 0. The van der Waals surface area contributed by atoms with Crippen LogP contribution in [-0.2, 0) is 0 Å². The maximum absolute atomic E-state index is 6.45. The summed E-state index contributed by atoms with van der Waals surface area (Å²) in [5.41, 5.74) is 16.4. The van der Waals surface area contributed by atoms with Gasteiger partial charge in [-0.2, -0.15) is 0 Å². The van der Waals surface area contributed by atoms with Gasteiger partial charge in [0.1, 0.15) is 0 Å². The number of nitrogens with two attached hydrogens (primary N) is 1. The third kappa shape index (κ3) is 3.17. The lowest BCUT2D eigenvalue weighted by Gasteiger charge is -2.15. The lowest BCUT2D eigenvalue weighted by atomic mass is 10.0. The Balaban J connectivity index is 1.44. The summed E-state index contributed by atoms with van der Waals surface area (Å²) in [7, 11) is 0. The van der Waals surface area contributed by atoms with Crippen LogP contribution >= 0.6 is 0 Å². The summed E-state index contributed by atoms with van der Waals surface area (Å²) in [6, 6.07) is 49.5. The van der Waals surface area contributed by atoms with Crippen molar-refractivity contribution in [2.75, 3.05) is 5.73 Å². The van der Waals surface area contributed by atoms with Gasteiger partial charge in [-0.1, -0.05) is 91.0 Å². The van der Waals surface area contributed by atoms with Gasteiger partial charge in [0.05, 0.1) is 27.8 Å². The lowest BCUT2D eigenvalue weighted by Crippen LogP contribution is -1.99. The highest BCUT2D eigenvalue weighted by Crippen LogP contribution is 2.39. The summed E-state index contributed by atoms with van der Waals surface area (Å²) in [6.45, 7) is 0. The molecular weight excluding hydrogens is 474 g/mol. The quantitative estimate of drug-likeness (QED) is 0.242. The van der Waals surface area contributed by atoms with Crippen molar-refractivity contribution in [3.05, 3.63) is 140 Å². The highest BCUT2D eigenvalue weighted by Gasteiger charge is 2.18. The maximum Gasteiger partial charge on any atom is 0.0542 e. The molecule has 0 atom stereocenters. The minimum absolute atomic E-state index is 0.777. The average Bonchev–Trinajstić information content (AvgIpc) is 3.50. The summed E-state index contributed by atoms with van der Waals surface area (Å²) in [4.78, 5) is 0. The first kappa shape index (κ1) is 21.8. The molecular formula is C36H25N3. The molecule has 3 heteroatoms. The molecule has 0 aliphatic carbocycles. The van der Waals surface area contributed by atoms with Crippen molar-refractivity contribution in [2.24, 2.45) is 0 Å². The Labute approximate surface area is 226 Å². The monoisotopic (exact) mass is 499 g/mol. The van der Waals surface area contributed by atoms with Crippen LogP contribution in [0.25, 0.3) is 66.1 Å². The van der Waals surface area contributed by atoms with Crippen LogP contribution in [0.2, 0.25) is 0 Å². The number of para-hydroxylation sites is 5. The van der Waals surface area contributed by atoms with E-state index in [0.29, 0.717) is 0 Å². The van der Waals surface area contributed by atoms with Crippen molar-refractivity contribution in [3.8, 4) is 22.5 Å². The van der Waals surface area contributed by atoms with Crippen LogP contribution in [0.4, 0.5) is 5.69 Å². The molecule has 0 saturated carbocycles. The number of nitrogen functional groups attached to an aromatic ring is 1. The molecule has 0 amide bonds. The summed E-state index contributed by atoms with van der Waals surface area (Å²) < 4.78 is 4.76. The Morgan fingerprint density at radius 3 is 1.54 bits per heavy atom. The molecule has 184 valence electrons. The number of hydrogen-bond acceptors (Lipinski definition) is 1. The Morgan fingerprint density at radius 1 is 0.385 bits per heavy atom. The Hall–Kier alpha value is -5.28. The largest absolute Gasteiger partial charge is 0.398 e. The fourth-order valence-electron chi connectivity index (χ4n) is 6.20. The van der Waals surface area contributed by atoms with E-state index >= 15 is 0 Å². The number of nitrogens with zero attached hydrogens (tertiary/aromatic N) is 2. The van der Waals surface area contributed by atoms with Crippen LogP contribution in [0.1, 0.15) is 0 Å². The predicted octanol–water partition coefficient (Wildman–Crippen LogP) is 9.13. The van der Waals surface area contributed by atoms with Gasteiger partial charge >= 0.3 is 0 Å². The van der Waals surface area contributed by atoms with Gasteiger partial charge in [-0.3, -0.25) is 0 Å². The minimum atomic E-state index is 0.777. The molecule has 0 radical (unpaired) electrons. The molecule has 2 N–H and O–H groups in total. The average molecular weight is 500 g/mol. The van der Waals surface area contributed by atoms with Crippen molar-refractivity contribution < 1.29 is 0 Å². The fourth-order valence-corrected chi connectivity index (χ4v) is 6.20. The third-order valence-corrected chi connectivity index (χ3v) is 7.89. The van der Waals surface area contributed by atoms with Crippen LogP contribution in [0.5, 0.6) is 0 Å².